The Balaban J connectivity index is 1.53. The second-order valence-electron chi connectivity index (χ2n) is 9.83. The highest BCUT2D eigenvalue weighted by atomic mass is 19.3. The molecule has 0 radical (unpaired) electrons. The number of carbonyl (C=O) groups is 1. The number of carboxylic acid groups (broad SMARTS) is 1. The number of likely N-dealkylation sites (tertiary alicyclic amines) is 1. The molecule has 2 N–H and O–H groups in total. The Hall–Kier alpha value is -3.00. The lowest BCUT2D eigenvalue weighted by Gasteiger charge is -2.54. The number of rotatable bonds is 5. The Morgan fingerprint density at radius 2 is 2.03 bits per heavy atom. The van der Waals surface area contributed by atoms with Crippen molar-refractivity contribution >= 4 is 16.9 Å². The topological polar surface area (TPSA) is 65.6 Å². The van der Waals surface area contributed by atoms with Crippen molar-refractivity contribution in [3.63, 3.8) is 0 Å². The molecule has 1 aliphatic heterocycles. The Morgan fingerprint density at radius 3 is 2.68 bits per heavy atom. The highest BCUT2D eigenvalue weighted by molar-refractivity contribution is 5.88. The molecule has 3 aromatic rings. The first-order valence-electron chi connectivity index (χ1n) is 11.4. The number of aryl methyl sites for hydroxylation is 1. The summed E-state index contributed by atoms with van der Waals surface area (Å²) in [6.07, 6.45) is 2.67. The van der Waals surface area contributed by atoms with Crippen LogP contribution in [0.1, 0.15) is 58.8 Å². The summed E-state index contributed by atoms with van der Waals surface area (Å²) < 4.78 is 48.0. The minimum Gasteiger partial charge on any atom is -0.496 e. The highest BCUT2D eigenvalue weighted by Gasteiger charge is 2.58. The molecular weight excluding hydrogens is 445 g/mol. The molecule has 1 spiro atoms. The van der Waals surface area contributed by atoms with Crippen LogP contribution in [0.2, 0.25) is 0 Å². The molecule has 1 aliphatic carbocycles. The van der Waals surface area contributed by atoms with Gasteiger partial charge in [0.2, 0.25) is 5.92 Å². The molecule has 1 aromatic heterocycles. The molecule has 2 heterocycles. The zero-order valence-electron chi connectivity index (χ0n) is 19.1. The van der Waals surface area contributed by atoms with Crippen molar-refractivity contribution in [3.05, 3.63) is 64.6 Å². The fourth-order valence-electron chi connectivity index (χ4n) is 5.96. The second-order valence-corrected chi connectivity index (χ2v) is 9.83. The van der Waals surface area contributed by atoms with E-state index >= 15 is 0 Å². The molecular formula is C26H27F3N2O3. The number of fused-ring (bicyclic) bond motifs is 1. The number of alkyl halides is 2. The van der Waals surface area contributed by atoms with Crippen LogP contribution < -0.4 is 4.74 Å². The lowest BCUT2D eigenvalue weighted by molar-refractivity contribution is -0.186. The number of nitrogens with zero attached hydrogens (tertiary/aromatic N) is 1. The molecule has 1 atom stereocenters. The number of hydrogen-bond acceptors (Lipinski definition) is 3. The summed E-state index contributed by atoms with van der Waals surface area (Å²) in [5.74, 6) is -4.06. The van der Waals surface area contributed by atoms with E-state index in [4.69, 9.17) is 4.74 Å². The second kappa shape index (κ2) is 8.05. The molecule has 1 unspecified atom stereocenters. The molecule has 0 amide bonds. The maximum absolute atomic E-state index is 14.6. The molecule has 0 bridgehead atoms. The number of aromatic amines is 1. The lowest BCUT2D eigenvalue weighted by atomic mass is 9.59. The summed E-state index contributed by atoms with van der Waals surface area (Å²) in [7, 11) is 1.62. The third kappa shape index (κ3) is 3.83. The van der Waals surface area contributed by atoms with E-state index < -0.39 is 28.7 Å². The number of benzene rings is 2. The van der Waals surface area contributed by atoms with Crippen molar-refractivity contribution in [2.45, 2.75) is 51.1 Å². The van der Waals surface area contributed by atoms with E-state index in [9.17, 15) is 23.1 Å². The van der Waals surface area contributed by atoms with Crippen LogP contribution in [0.15, 0.2) is 36.5 Å². The number of hydrogen-bond donors (Lipinski definition) is 2. The maximum atomic E-state index is 14.6. The maximum Gasteiger partial charge on any atom is 0.338 e. The van der Waals surface area contributed by atoms with Crippen molar-refractivity contribution < 1.29 is 27.8 Å². The van der Waals surface area contributed by atoms with E-state index in [1.165, 1.54) is 12.1 Å². The number of nitrogens with one attached hydrogen (secondary N) is 1. The van der Waals surface area contributed by atoms with Gasteiger partial charge >= 0.3 is 5.97 Å². The summed E-state index contributed by atoms with van der Waals surface area (Å²) in [4.78, 5) is 16.7. The SMILES string of the molecule is COc1cc(C)c2[nH]ccc2c1CN1CCC2(CC1c1ccc(C(=O)O)c(F)c1)CC(F)(F)C2. The molecule has 1 saturated heterocycles. The van der Waals surface area contributed by atoms with E-state index in [-0.39, 0.29) is 18.9 Å². The smallest absolute Gasteiger partial charge is 0.338 e. The molecule has 1 saturated carbocycles. The van der Waals surface area contributed by atoms with Crippen molar-refractivity contribution in [1.29, 1.82) is 0 Å². The van der Waals surface area contributed by atoms with Gasteiger partial charge in [-0.15, -0.1) is 0 Å². The molecule has 8 heteroatoms. The zero-order valence-corrected chi connectivity index (χ0v) is 19.1. The third-order valence-corrected chi connectivity index (χ3v) is 7.56. The normalized spacial score (nSPS) is 21.5. The van der Waals surface area contributed by atoms with Gasteiger partial charge in [0.05, 0.1) is 12.7 Å². The fraction of sp³-hybridized carbons (Fsp3) is 0.423. The van der Waals surface area contributed by atoms with Gasteiger partial charge in [0.15, 0.2) is 0 Å². The molecule has 2 fully saturated rings. The zero-order chi connectivity index (χ0) is 24.3. The minimum absolute atomic E-state index is 0.157. The largest absolute Gasteiger partial charge is 0.496 e. The summed E-state index contributed by atoms with van der Waals surface area (Å²) in [5, 5.41) is 10.2. The number of piperidine rings is 1. The van der Waals surface area contributed by atoms with Gasteiger partial charge < -0.3 is 14.8 Å². The average molecular weight is 473 g/mol. The summed E-state index contributed by atoms with van der Waals surface area (Å²) >= 11 is 0. The number of ether oxygens (including phenoxy) is 1. The van der Waals surface area contributed by atoms with Crippen LogP contribution in [0.25, 0.3) is 10.9 Å². The molecule has 34 heavy (non-hydrogen) atoms. The first-order valence-corrected chi connectivity index (χ1v) is 11.4. The standard InChI is InChI=1S/C26H27F3N2O3/c1-15-9-22(34-2)19(17-5-7-30-23(15)17)12-31-8-6-25(13-26(28,29)14-25)11-21(31)16-3-4-18(24(32)33)20(27)10-16/h3-5,7,9-10,21,30H,6,8,11-14H2,1-2H3,(H,32,33). The van der Waals surface area contributed by atoms with Gasteiger partial charge in [0, 0.05) is 48.1 Å². The van der Waals surface area contributed by atoms with Gasteiger partial charge in [0.25, 0.3) is 0 Å². The predicted octanol–water partition coefficient (Wildman–Crippen LogP) is 6.07. The Kier molecular flexibility index (Phi) is 5.39. The van der Waals surface area contributed by atoms with Gasteiger partial charge in [-0.1, -0.05) is 6.07 Å². The number of H-pyrrole nitrogens is 1. The molecule has 5 rings (SSSR count). The average Bonchev–Trinajstić information content (AvgIpc) is 3.25. The number of carboxylic acids is 1. The van der Waals surface area contributed by atoms with E-state index in [0.717, 1.165) is 27.8 Å². The molecule has 2 aromatic carbocycles. The number of aromatic nitrogens is 1. The van der Waals surface area contributed by atoms with Gasteiger partial charge in [-0.3, -0.25) is 4.90 Å². The van der Waals surface area contributed by atoms with Crippen LogP contribution in [0, 0.1) is 18.2 Å². The summed E-state index contributed by atoms with van der Waals surface area (Å²) in [6, 6.07) is 7.77. The monoisotopic (exact) mass is 472 g/mol. The molecule has 180 valence electrons. The fourth-order valence-corrected chi connectivity index (χ4v) is 5.96. The van der Waals surface area contributed by atoms with Gasteiger partial charge in [-0.2, -0.15) is 0 Å². The highest BCUT2D eigenvalue weighted by Crippen LogP contribution is 2.60. The van der Waals surface area contributed by atoms with Crippen molar-refractivity contribution in [2.75, 3.05) is 13.7 Å². The van der Waals surface area contributed by atoms with Crippen molar-refractivity contribution in [2.24, 2.45) is 5.41 Å². The summed E-state index contributed by atoms with van der Waals surface area (Å²) in [6.45, 7) is 3.07. The van der Waals surface area contributed by atoms with Gasteiger partial charge in [-0.25, -0.2) is 18.0 Å². The van der Waals surface area contributed by atoms with E-state index in [0.29, 0.717) is 31.5 Å². The first kappa shape index (κ1) is 22.8. The minimum atomic E-state index is -2.65. The number of aromatic carboxylic acids is 1. The summed E-state index contributed by atoms with van der Waals surface area (Å²) in [5.41, 5.74) is 2.77. The Labute approximate surface area is 195 Å². The van der Waals surface area contributed by atoms with Crippen molar-refractivity contribution in [3.8, 4) is 5.75 Å². The Bertz CT molecular complexity index is 1260. The van der Waals surface area contributed by atoms with Crippen LogP contribution in [0.4, 0.5) is 13.2 Å². The quantitative estimate of drug-likeness (QED) is 0.473. The van der Waals surface area contributed by atoms with Crippen LogP contribution in [0.5, 0.6) is 5.75 Å². The number of methoxy groups -OCH3 is 1. The van der Waals surface area contributed by atoms with Crippen LogP contribution in [-0.4, -0.2) is 40.5 Å². The third-order valence-electron chi connectivity index (χ3n) is 7.56. The van der Waals surface area contributed by atoms with E-state index in [1.54, 1.807) is 13.2 Å². The first-order chi connectivity index (χ1) is 16.1. The van der Waals surface area contributed by atoms with E-state index in [1.807, 2.05) is 25.3 Å². The van der Waals surface area contributed by atoms with Crippen LogP contribution in [0.3, 0.4) is 0 Å². The Morgan fingerprint density at radius 1 is 1.26 bits per heavy atom. The van der Waals surface area contributed by atoms with Gasteiger partial charge in [0.1, 0.15) is 11.6 Å². The molecule has 5 nitrogen and oxygen atoms in total. The lowest BCUT2D eigenvalue weighted by Crippen LogP contribution is -2.53. The molecule has 2 aliphatic rings. The van der Waals surface area contributed by atoms with Crippen molar-refractivity contribution in [1.82, 2.24) is 9.88 Å². The van der Waals surface area contributed by atoms with Gasteiger partial charge in [-0.05, 0) is 67.1 Å². The van der Waals surface area contributed by atoms with E-state index in [2.05, 4.69) is 9.88 Å². The van der Waals surface area contributed by atoms with Crippen LogP contribution >= 0.6 is 0 Å². The van der Waals surface area contributed by atoms with Crippen LogP contribution in [-0.2, 0) is 6.54 Å². The predicted molar refractivity (Wildman–Crippen MR) is 122 cm³/mol. The number of halogens is 3.